The highest BCUT2D eigenvalue weighted by molar-refractivity contribution is 6.28. The van der Waals surface area contributed by atoms with Crippen molar-refractivity contribution in [3.05, 3.63) is 16.5 Å². The van der Waals surface area contributed by atoms with Crippen LogP contribution in [0.2, 0.25) is 5.28 Å². The Morgan fingerprint density at radius 2 is 1.91 bits per heavy atom. The normalized spacial score (nSPS) is 31.7. The minimum absolute atomic E-state index is 0.0710. The Kier molecular flexibility index (Phi) is 3.92. The number of esters is 1. The lowest BCUT2D eigenvalue weighted by atomic mass is 9.61. The number of fused-ring (bicyclic) bond motifs is 4. The monoisotopic (exact) mass is 335 g/mol. The van der Waals surface area contributed by atoms with Gasteiger partial charge >= 0.3 is 5.97 Å². The lowest BCUT2D eigenvalue weighted by molar-refractivity contribution is -0.152. The van der Waals surface area contributed by atoms with Crippen LogP contribution in [0.3, 0.4) is 0 Å². The molecule has 0 saturated heterocycles. The molecule has 1 aromatic rings. The Hall–Kier alpha value is -1.36. The first-order chi connectivity index (χ1) is 11.2. The zero-order chi connectivity index (χ0) is 16.0. The summed E-state index contributed by atoms with van der Waals surface area (Å²) in [4.78, 5) is 21.1. The van der Waals surface area contributed by atoms with Crippen LogP contribution in [-0.4, -0.2) is 29.1 Å². The summed E-state index contributed by atoms with van der Waals surface area (Å²) in [6.07, 6.45) is 7.66. The van der Waals surface area contributed by atoms with E-state index in [1.165, 1.54) is 25.5 Å². The van der Waals surface area contributed by atoms with Crippen LogP contribution in [0.5, 0.6) is 0 Å². The summed E-state index contributed by atoms with van der Waals surface area (Å²) < 4.78 is 5.09. The maximum atomic E-state index is 12.3. The summed E-state index contributed by atoms with van der Waals surface area (Å²) in [5, 5.41) is 3.88. The molecule has 23 heavy (non-hydrogen) atoms. The van der Waals surface area contributed by atoms with Crippen LogP contribution in [0, 0.1) is 17.8 Å². The van der Waals surface area contributed by atoms with Gasteiger partial charge in [0.05, 0.1) is 18.7 Å². The molecule has 5 nitrogen and oxygen atoms in total. The summed E-state index contributed by atoms with van der Waals surface area (Å²) >= 11 is 6.10. The van der Waals surface area contributed by atoms with Crippen molar-refractivity contribution in [2.24, 2.45) is 17.8 Å². The second kappa shape index (κ2) is 5.93. The number of carbonyl (C=O) groups is 1. The number of anilines is 1. The van der Waals surface area contributed by atoms with Crippen molar-refractivity contribution < 1.29 is 9.53 Å². The molecule has 1 aromatic heterocycles. The number of aryl methyl sites for hydroxylation is 1. The van der Waals surface area contributed by atoms with Gasteiger partial charge in [-0.15, -0.1) is 0 Å². The standard InChI is InChI=1S/C17H22ClN3O2/c1-23-16(22)13-9-5-7-10(8-6-9)14(13)20-15-11-3-2-4-12(11)19-17(18)21-15/h9-10,13-14H,2-8H2,1H3,(H,19,20,21)/t9?,10?,13-,14-/m0/s1. The molecule has 5 rings (SSSR count). The molecular weight excluding hydrogens is 314 g/mol. The van der Waals surface area contributed by atoms with E-state index in [0.29, 0.717) is 17.1 Å². The van der Waals surface area contributed by atoms with Crippen molar-refractivity contribution in [1.82, 2.24) is 9.97 Å². The van der Waals surface area contributed by atoms with Crippen molar-refractivity contribution in [2.75, 3.05) is 12.4 Å². The van der Waals surface area contributed by atoms with Crippen LogP contribution in [0.25, 0.3) is 0 Å². The Morgan fingerprint density at radius 3 is 2.65 bits per heavy atom. The predicted molar refractivity (Wildman–Crippen MR) is 87.4 cm³/mol. The van der Waals surface area contributed by atoms with Gasteiger partial charge in [0.25, 0.3) is 0 Å². The molecule has 0 radical (unpaired) electrons. The van der Waals surface area contributed by atoms with Crippen LogP contribution in [0.15, 0.2) is 0 Å². The van der Waals surface area contributed by atoms with Crippen LogP contribution in [0.1, 0.15) is 43.4 Å². The summed E-state index contributed by atoms with van der Waals surface area (Å²) in [5.74, 6) is 1.61. The van der Waals surface area contributed by atoms with Crippen LogP contribution in [-0.2, 0) is 22.4 Å². The Labute approximate surface area is 141 Å². The summed E-state index contributed by atoms with van der Waals surface area (Å²) in [5.41, 5.74) is 2.24. The molecule has 4 aliphatic rings. The predicted octanol–water partition coefficient (Wildman–Crippen LogP) is 3.01. The van der Waals surface area contributed by atoms with E-state index in [1.807, 2.05) is 0 Å². The van der Waals surface area contributed by atoms with E-state index in [-0.39, 0.29) is 17.9 Å². The van der Waals surface area contributed by atoms with Gasteiger partial charge in [-0.25, -0.2) is 9.97 Å². The second-order valence-electron chi connectivity index (χ2n) is 7.01. The SMILES string of the molecule is COC(=O)[C@H]1C2CCC(CC2)[C@@H]1Nc1nc(Cl)nc2c1CCC2. The van der Waals surface area contributed by atoms with Gasteiger partial charge in [-0.2, -0.15) is 0 Å². The average molecular weight is 336 g/mol. The third kappa shape index (κ3) is 2.59. The largest absolute Gasteiger partial charge is 0.469 e. The van der Waals surface area contributed by atoms with Crippen molar-refractivity contribution in [2.45, 2.75) is 51.0 Å². The maximum Gasteiger partial charge on any atom is 0.311 e. The summed E-state index contributed by atoms with van der Waals surface area (Å²) in [7, 11) is 1.49. The molecule has 1 N–H and O–H groups in total. The molecule has 3 saturated carbocycles. The fourth-order valence-corrected chi connectivity index (χ4v) is 5.00. The number of hydrogen-bond acceptors (Lipinski definition) is 5. The molecule has 0 amide bonds. The molecule has 0 spiro atoms. The van der Waals surface area contributed by atoms with Crippen molar-refractivity contribution in [3.8, 4) is 0 Å². The molecule has 0 aliphatic heterocycles. The van der Waals surface area contributed by atoms with Gasteiger partial charge in [-0.1, -0.05) is 0 Å². The first-order valence-electron chi connectivity index (χ1n) is 8.57. The van der Waals surface area contributed by atoms with Gasteiger partial charge in [0.15, 0.2) is 0 Å². The zero-order valence-electron chi connectivity index (χ0n) is 13.3. The summed E-state index contributed by atoms with van der Waals surface area (Å²) in [6, 6.07) is 0.102. The molecule has 124 valence electrons. The minimum atomic E-state index is -0.0892. The molecule has 3 fully saturated rings. The number of hydrogen-bond donors (Lipinski definition) is 1. The van der Waals surface area contributed by atoms with Crippen LogP contribution >= 0.6 is 11.6 Å². The van der Waals surface area contributed by atoms with Crippen molar-refractivity contribution in [3.63, 3.8) is 0 Å². The summed E-state index contributed by atoms with van der Waals surface area (Å²) in [6.45, 7) is 0. The molecule has 2 atom stereocenters. The van der Waals surface area contributed by atoms with Gasteiger partial charge < -0.3 is 10.1 Å². The fraction of sp³-hybridized carbons (Fsp3) is 0.706. The highest BCUT2D eigenvalue weighted by Gasteiger charge is 2.48. The maximum absolute atomic E-state index is 12.3. The first kappa shape index (κ1) is 15.2. The smallest absolute Gasteiger partial charge is 0.311 e. The Bertz CT molecular complexity index is 629. The number of halogens is 1. The van der Waals surface area contributed by atoms with Gasteiger partial charge in [0, 0.05) is 11.6 Å². The quantitative estimate of drug-likeness (QED) is 0.679. The van der Waals surface area contributed by atoms with Crippen molar-refractivity contribution >= 4 is 23.4 Å². The number of carbonyl (C=O) groups excluding carboxylic acids is 1. The third-order valence-corrected chi connectivity index (χ3v) is 6.07. The topological polar surface area (TPSA) is 64.1 Å². The van der Waals surface area contributed by atoms with E-state index in [1.54, 1.807) is 0 Å². The molecule has 0 unspecified atom stereocenters. The zero-order valence-corrected chi connectivity index (χ0v) is 14.1. The van der Waals surface area contributed by atoms with E-state index in [9.17, 15) is 4.79 Å². The Balaban J connectivity index is 1.66. The molecule has 1 heterocycles. The van der Waals surface area contributed by atoms with Crippen molar-refractivity contribution in [1.29, 1.82) is 0 Å². The molecule has 0 aromatic carbocycles. The number of rotatable bonds is 3. The molecule has 4 aliphatic carbocycles. The number of nitrogens with one attached hydrogen (secondary N) is 1. The van der Waals surface area contributed by atoms with E-state index in [4.69, 9.17) is 16.3 Å². The number of nitrogens with zero attached hydrogens (tertiary/aromatic N) is 2. The molecule has 2 bridgehead atoms. The van der Waals surface area contributed by atoms with E-state index in [2.05, 4.69) is 15.3 Å². The highest BCUT2D eigenvalue weighted by Crippen LogP contribution is 2.47. The van der Waals surface area contributed by atoms with Gasteiger partial charge in [-0.3, -0.25) is 4.79 Å². The number of methoxy groups -OCH3 is 1. The Morgan fingerprint density at radius 1 is 1.17 bits per heavy atom. The molecular formula is C17H22ClN3O2. The van der Waals surface area contributed by atoms with Gasteiger partial charge in [-0.05, 0) is 68.4 Å². The number of ether oxygens (including phenoxy) is 1. The fourth-order valence-electron chi connectivity index (χ4n) is 4.81. The van der Waals surface area contributed by atoms with Crippen LogP contribution < -0.4 is 5.32 Å². The first-order valence-corrected chi connectivity index (χ1v) is 8.95. The van der Waals surface area contributed by atoms with E-state index in [0.717, 1.165) is 43.6 Å². The molecule has 6 heteroatoms. The minimum Gasteiger partial charge on any atom is -0.469 e. The van der Waals surface area contributed by atoms with E-state index < -0.39 is 0 Å². The third-order valence-electron chi connectivity index (χ3n) is 5.90. The lowest BCUT2D eigenvalue weighted by Crippen LogP contribution is -2.52. The van der Waals surface area contributed by atoms with Gasteiger partial charge in [0.2, 0.25) is 5.28 Å². The second-order valence-corrected chi connectivity index (χ2v) is 7.35. The van der Waals surface area contributed by atoms with Gasteiger partial charge in [0.1, 0.15) is 5.82 Å². The van der Waals surface area contributed by atoms with E-state index >= 15 is 0 Å². The van der Waals surface area contributed by atoms with Crippen LogP contribution in [0.4, 0.5) is 5.82 Å². The lowest BCUT2D eigenvalue weighted by Gasteiger charge is -2.47. The average Bonchev–Trinajstić information content (AvgIpc) is 3.03. The number of aromatic nitrogens is 2. The highest BCUT2D eigenvalue weighted by atomic mass is 35.5.